The monoisotopic (exact) mass is 607 g/mol. The largest absolute Gasteiger partial charge is 0.394 e. The zero-order valence-electron chi connectivity index (χ0n) is 23.0. The fourth-order valence-corrected chi connectivity index (χ4v) is 5.96. The highest BCUT2D eigenvalue weighted by molar-refractivity contribution is 5.91. The molecule has 2 aliphatic carbocycles. The molecule has 4 aliphatic rings. The zero-order chi connectivity index (χ0) is 31.1. The van der Waals surface area contributed by atoms with Crippen molar-refractivity contribution >= 4 is 11.7 Å². The van der Waals surface area contributed by atoms with E-state index in [1.54, 1.807) is 0 Å². The Morgan fingerprint density at radius 2 is 1.55 bits per heavy atom. The lowest BCUT2D eigenvalue weighted by Gasteiger charge is -2.48. The van der Waals surface area contributed by atoms with Crippen LogP contribution in [0.25, 0.3) is 0 Å². The quantitative estimate of drug-likeness (QED) is 0.0810. The molecule has 0 aromatic carbocycles. The Balaban J connectivity index is 1.59. The molecule has 4 rings (SSSR count). The number of nitrogens with two attached hydrogens (primary N) is 6. The van der Waals surface area contributed by atoms with Crippen LogP contribution < -0.4 is 34.4 Å². The van der Waals surface area contributed by atoms with Gasteiger partial charge in [-0.3, -0.25) is 4.79 Å². The molecule has 0 radical (unpaired) electrons. The van der Waals surface area contributed by atoms with E-state index in [4.69, 9.17) is 53.3 Å². The summed E-state index contributed by atoms with van der Waals surface area (Å²) >= 11 is 0. The number of nitrogens with zero attached hydrogens (tertiary/aromatic N) is 1. The number of aliphatic hydroxyl groups is 6. The van der Waals surface area contributed by atoms with Crippen LogP contribution in [-0.2, 0) is 23.7 Å². The van der Waals surface area contributed by atoms with Crippen molar-refractivity contribution in [3.63, 3.8) is 0 Å². The van der Waals surface area contributed by atoms with Gasteiger partial charge in [0, 0.05) is 37.9 Å². The molecule has 42 heavy (non-hydrogen) atoms. The minimum atomic E-state index is -1.70. The van der Waals surface area contributed by atoms with Crippen LogP contribution in [0.5, 0.6) is 0 Å². The SMILES string of the molecule is NC[C@H]1O[C@H](O[C@H]2[C@H](O)[C@@H](O[C@H]3O[C@H](CO)[C@@H](O)[C@H](N)[C@H]3O)[C@H](CC(=O)C3(O)CC3N)C[C@@H]2N)[C@H](N=C(N)N)C[C@@H]1O. The number of carbonyl (C=O) groups excluding carboxylic acids is 1. The van der Waals surface area contributed by atoms with Crippen LogP contribution in [0.4, 0.5) is 0 Å². The van der Waals surface area contributed by atoms with E-state index in [2.05, 4.69) is 4.99 Å². The zero-order valence-corrected chi connectivity index (χ0v) is 23.0. The van der Waals surface area contributed by atoms with Crippen molar-refractivity contribution in [3.05, 3.63) is 0 Å². The fourth-order valence-electron chi connectivity index (χ4n) is 5.96. The van der Waals surface area contributed by atoms with Gasteiger partial charge in [-0.25, -0.2) is 4.99 Å². The van der Waals surface area contributed by atoms with Gasteiger partial charge in [-0.05, 0) is 12.3 Å². The minimum Gasteiger partial charge on any atom is -0.394 e. The van der Waals surface area contributed by atoms with Gasteiger partial charge in [0.15, 0.2) is 24.3 Å². The van der Waals surface area contributed by atoms with Crippen molar-refractivity contribution in [2.45, 2.75) is 117 Å². The molecule has 16 atom stereocenters. The topological polar surface area (TPSA) is 344 Å². The lowest BCUT2D eigenvalue weighted by molar-refractivity contribution is -0.319. The van der Waals surface area contributed by atoms with E-state index < -0.39 is 109 Å². The molecule has 18 N–H and O–H groups in total. The highest BCUT2D eigenvalue weighted by Crippen LogP contribution is 2.41. The van der Waals surface area contributed by atoms with Crippen LogP contribution in [0.2, 0.25) is 0 Å². The number of carbonyl (C=O) groups is 1. The molecule has 0 spiro atoms. The molecule has 0 aromatic heterocycles. The molecule has 2 unspecified atom stereocenters. The highest BCUT2D eigenvalue weighted by Gasteiger charge is 2.58. The lowest BCUT2D eigenvalue weighted by Crippen LogP contribution is -2.66. The maximum atomic E-state index is 13.0. The summed E-state index contributed by atoms with van der Waals surface area (Å²) in [5.41, 5.74) is 33.2. The van der Waals surface area contributed by atoms with Crippen LogP contribution in [0.3, 0.4) is 0 Å². The molecular weight excluding hydrogens is 562 g/mol. The van der Waals surface area contributed by atoms with E-state index in [1.165, 1.54) is 0 Å². The van der Waals surface area contributed by atoms with Crippen molar-refractivity contribution in [3.8, 4) is 0 Å². The van der Waals surface area contributed by atoms with Gasteiger partial charge in [0.2, 0.25) is 0 Å². The predicted octanol–water partition coefficient (Wildman–Crippen LogP) is -7.27. The molecule has 2 heterocycles. The first-order valence-electron chi connectivity index (χ1n) is 14.0. The Kier molecular flexibility index (Phi) is 10.4. The highest BCUT2D eigenvalue weighted by atomic mass is 16.7. The number of guanidine groups is 1. The predicted molar refractivity (Wildman–Crippen MR) is 143 cm³/mol. The summed E-state index contributed by atoms with van der Waals surface area (Å²) in [5, 5.41) is 63.0. The summed E-state index contributed by atoms with van der Waals surface area (Å²) < 4.78 is 23.5. The first kappa shape index (κ1) is 33.3. The van der Waals surface area contributed by atoms with Gasteiger partial charge in [0.1, 0.15) is 42.2 Å². The first-order valence-corrected chi connectivity index (χ1v) is 14.0. The molecule has 0 amide bonds. The Morgan fingerprint density at radius 1 is 0.929 bits per heavy atom. The summed E-state index contributed by atoms with van der Waals surface area (Å²) in [6.45, 7) is -0.692. The van der Waals surface area contributed by atoms with Crippen LogP contribution in [-0.4, -0.2) is 147 Å². The molecule has 18 heteroatoms. The number of hydrogen-bond donors (Lipinski definition) is 12. The van der Waals surface area contributed by atoms with Crippen LogP contribution in [0.1, 0.15) is 25.7 Å². The van der Waals surface area contributed by atoms with Gasteiger partial charge in [-0.1, -0.05) is 0 Å². The van der Waals surface area contributed by atoms with Gasteiger partial charge in [-0.2, -0.15) is 0 Å². The second-order valence-electron chi connectivity index (χ2n) is 11.7. The summed E-state index contributed by atoms with van der Waals surface area (Å²) in [7, 11) is 0. The van der Waals surface area contributed by atoms with Gasteiger partial charge in [0.05, 0.1) is 31.0 Å². The number of rotatable bonds is 10. The Morgan fingerprint density at radius 3 is 2.12 bits per heavy atom. The summed E-state index contributed by atoms with van der Waals surface area (Å²) in [4.78, 5) is 17.0. The summed E-state index contributed by atoms with van der Waals surface area (Å²) in [5.74, 6) is -1.67. The maximum Gasteiger partial charge on any atom is 0.186 e. The van der Waals surface area contributed by atoms with Gasteiger partial charge >= 0.3 is 0 Å². The number of aliphatic imine (C=N–C) groups is 1. The maximum absolute atomic E-state index is 13.0. The van der Waals surface area contributed by atoms with Crippen LogP contribution in [0.15, 0.2) is 4.99 Å². The van der Waals surface area contributed by atoms with Gasteiger partial charge in [-0.15, -0.1) is 0 Å². The lowest BCUT2D eigenvalue weighted by atomic mass is 9.76. The van der Waals surface area contributed by atoms with Crippen molar-refractivity contribution < 1.29 is 54.4 Å². The van der Waals surface area contributed by atoms with Crippen LogP contribution in [0, 0.1) is 5.92 Å². The Bertz CT molecular complexity index is 977. The molecule has 242 valence electrons. The van der Waals surface area contributed by atoms with Crippen molar-refractivity contribution in [1.82, 2.24) is 0 Å². The summed E-state index contributed by atoms with van der Waals surface area (Å²) in [6, 6.07) is -3.78. The summed E-state index contributed by atoms with van der Waals surface area (Å²) in [6.07, 6.45) is -13.0. The number of hydrogen-bond acceptors (Lipinski definition) is 16. The van der Waals surface area contributed by atoms with Gasteiger partial charge < -0.3 is 84.0 Å². The number of aliphatic hydroxyl groups excluding tert-OH is 5. The fraction of sp³-hybridized carbons (Fsp3) is 0.917. The average Bonchev–Trinajstić information content (AvgIpc) is 3.56. The van der Waals surface area contributed by atoms with Gasteiger partial charge in [0.25, 0.3) is 0 Å². The molecule has 2 saturated carbocycles. The van der Waals surface area contributed by atoms with E-state index in [0.29, 0.717) is 0 Å². The molecule has 4 fully saturated rings. The third kappa shape index (κ3) is 6.71. The third-order valence-corrected chi connectivity index (χ3v) is 8.65. The van der Waals surface area contributed by atoms with E-state index >= 15 is 0 Å². The van der Waals surface area contributed by atoms with Crippen molar-refractivity contribution in [2.75, 3.05) is 13.2 Å². The first-order chi connectivity index (χ1) is 19.7. The number of Topliss-reactive ketones (excluding diaryl/α,β-unsaturated/α-hetero) is 1. The number of ether oxygens (including phenoxy) is 4. The third-order valence-electron chi connectivity index (χ3n) is 8.65. The van der Waals surface area contributed by atoms with E-state index in [0.717, 1.165) is 0 Å². The van der Waals surface area contributed by atoms with Crippen molar-refractivity contribution in [1.29, 1.82) is 0 Å². The Hall–Kier alpha value is -1.62. The van der Waals surface area contributed by atoms with E-state index in [1.807, 2.05) is 0 Å². The second kappa shape index (κ2) is 13.2. The normalized spacial score (nSPS) is 49.3. The van der Waals surface area contributed by atoms with Crippen LogP contribution >= 0.6 is 0 Å². The van der Waals surface area contributed by atoms with Crippen molar-refractivity contribution in [2.24, 2.45) is 45.3 Å². The molecule has 0 aromatic rings. The molecule has 18 nitrogen and oxygen atoms in total. The minimum absolute atomic E-state index is 0.0310. The molecule has 2 saturated heterocycles. The smallest absolute Gasteiger partial charge is 0.186 e. The average molecular weight is 608 g/mol. The number of ketones is 1. The molecule has 0 bridgehead atoms. The van der Waals surface area contributed by atoms with E-state index in [9.17, 15) is 35.4 Å². The van der Waals surface area contributed by atoms with E-state index in [-0.39, 0.29) is 38.2 Å². The second-order valence-corrected chi connectivity index (χ2v) is 11.7. The molecular formula is C24H45N7O11. The standard InChI is InChI=1S/C24H45N7O11/c25-5-11-10(33)3-9(31-23(29)30)21(39-11)42-20-8(26)1-7(2-14(34)24(38)4-13(24)27)19(18(20)37)41-22-17(36)15(28)16(35)12(6-32)40-22/h7-13,15-22,32-33,35-38H,1-6,25-28H2,(H4,29,30,31)/t7-,8-,9+,10-,11+,12+,13?,15-,16+,17+,18+,19-,20+,21+,22+,24?/m0/s1. The molecule has 2 aliphatic heterocycles. The Labute approximate surface area is 241 Å².